The number of alkyl halides is 3. The first kappa shape index (κ1) is 9.05. The Bertz CT molecular complexity index is 252. The third-order valence-electron chi connectivity index (χ3n) is 1.49. The normalized spacial score (nSPS) is 17.4. The molecule has 1 unspecified atom stereocenters. The lowest BCUT2D eigenvalue weighted by Gasteiger charge is -2.26. The summed E-state index contributed by atoms with van der Waals surface area (Å²) < 4.78 is 36.7. The average Bonchev–Trinajstić information content (AvgIpc) is 2.34. The summed E-state index contributed by atoms with van der Waals surface area (Å²) in [5.41, 5.74) is -2.93. The smallest absolute Gasteiger partial charge is 0.362 e. The first-order chi connectivity index (χ1) is 5.36. The van der Waals surface area contributed by atoms with Gasteiger partial charge in [-0.3, -0.25) is 0 Å². The number of aromatic nitrogens is 2. The predicted molar refractivity (Wildman–Crippen MR) is 34.1 cm³/mol. The summed E-state index contributed by atoms with van der Waals surface area (Å²) >= 11 is 0. The molecule has 68 valence electrons. The highest BCUT2D eigenvalue weighted by molar-refractivity contribution is 4.86. The lowest BCUT2D eigenvalue weighted by Crippen LogP contribution is -2.45. The monoisotopic (exact) mass is 180 g/mol. The number of aliphatic hydroxyl groups is 1. The van der Waals surface area contributed by atoms with Crippen molar-refractivity contribution < 1.29 is 18.3 Å². The maximum absolute atomic E-state index is 12.1. The summed E-state index contributed by atoms with van der Waals surface area (Å²) in [6, 6.07) is 1.31. The van der Waals surface area contributed by atoms with Crippen LogP contribution in [-0.2, 0) is 5.72 Å². The highest BCUT2D eigenvalue weighted by Gasteiger charge is 2.52. The molecule has 1 atom stereocenters. The van der Waals surface area contributed by atoms with Gasteiger partial charge in [0.2, 0.25) is 0 Å². The predicted octanol–water partition coefficient (Wildman–Crippen LogP) is 1.11. The first-order valence-electron chi connectivity index (χ1n) is 3.15. The van der Waals surface area contributed by atoms with Gasteiger partial charge in [-0.1, -0.05) is 0 Å². The van der Waals surface area contributed by atoms with Gasteiger partial charge in [-0.05, 0) is 13.0 Å². The molecular formula is C6H7F3N2O. The average molecular weight is 180 g/mol. The zero-order valence-electron chi connectivity index (χ0n) is 6.21. The Kier molecular flexibility index (Phi) is 1.87. The van der Waals surface area contributed by atoms with E-state index < -0.39 is 11.9 Å². The number of nitrogens with zero attached hydrogens (tertiary/aromatic N) is 2. The van der Waals surface area contributed by atoms with Crippen molar-refractivity contribution in [1.29, 1.82) is 0 Å². The summed E-state index contributed by atoms with van der Waals surface area (Å²) in [7, 11) is 0. The highest BCUT2D eigenvalue weighted by Crippen LogP contribution is 2.33. The van der Waals surface area contributed by atoms with Gasteiger partial charge in [0.25, 0.3) is 5.72 Å². The van der Waals surface area contributed by atoms with E-state index in [0.29, 0.717) is 11.6 Å². The van der Waals surface area contributed by atoms with Crippen LogP contribution in [0.4, 0.5) is 13.2 Å². The van der Waals surface area contributed by atoms with Crippen LogP contribution in [0.2, 0.25) is 0 Å². The number of hydrogen-bond acceptors (Lipinski definition) is 2. The third-order valence-corrected chi connectivity index (χ3v) is 1.49. The largest absolute Gasteiger partial charge is 0.438 e. The van der Waals surface area contributed by atoms with Crippen LogP contribution in [0.15, 0.2) is 18.5 Å². The Labute approximate surface area is 66.4 Å². The van der Waals surface area contributed by atoms with Crippen molar-refractivity contribution in [3.63, 3.8) is 0 Å². The molecule has 0 aliphatic carbocycles. The molecule has 6 heteroatoms. The van der Waals surface area contributed by atoms with Gasteiger partial charge in [0.15, 0.2) is 0 Å². The van der Waals surface area contributed by atoms with Gasteiger partial charge < -0.3 is 5.11 Å². The Hall–Kier alpha value is -1.04. The van der Waals surface area contributed by atoms with Gasteiger partial charge >= 0.3 is 6.18 Å². The van der Waals surface area contributed by atoms with Crippen molar-refractivity contribution in [2.75, 3.05) is 0 Å². The van der Waals surface area contributed by atoms with Crippen molar-refractivity contribution in [2.45, 2.75) is 18.8 Å². The van der Waals surface area contributed by atoms with Crippen LogP contribution in [0.3, 0.4) is 0 Å². The summed E-state index contributed by atoms with van der Waals surface area (Å²) in [5.74, 6) is 0. The van der Waals surface area contributed by atoms with E-state index in [4.69, 9.17) is 5.11 Å². The van der Waals surface area contributed by atoms with E-state index in [0.717, 1.165) is 6.20 Å². The summed E-state index contributed by atoms with van der Waals surface area (Å²) in [6.45, 7) is 0.639. The molecule has 0 saturated heterocycles. The maximum Gasteiger partial charge on any atom is 0.438 e. The molecule has 1 N–H and O–H groups in total. The first-order valence-corrected chi connectivity index (χ1v) is 3.15. The molecule has 0 aliphatic rings. The van der Waals surface area contributed by atoms with E-state index in [-0.39, 0.29) is 0 Å². The second-order valence-corrected chi connectivity index (χ2v) is 2.47. The molecule has 0 radical (unpaired) electrons. The van der Waals surface area contributed by atoms with Gasteiger partial charge in [-0.2, -0.15) is 18.3 Å². The molecular weight excluding hydrogens is 173 g/mol. The van der Waals surface area contributed by atoms with E-state index in [2.05, 4.69) is 5.10 Å². The molecule has 0 spiro atoms. The summed E-state index contributed by atoms with van der Waals surface area (Å²) in [6.07, 6.45) is -2.51. The van der Waals surface area contributed by atoms with Crippen LogP contribution < -0.4 is 0 Å². The lowest BCUT2D eigenvalue weighted by molar-refractivity contribution is -0.294. The SMILES string of the molecule is CC(O)(n1cccn1)C(F)(F)F. The van der Waals surface area contributed by atoms with Crippen molar-refractivity contribution >= 4 is 0 Å². The van der Waals surface area contributed by atoms with Crippen LogP contribution in [0.1, 0.15) is 6.92 Å². The van der Waals surface area contributed by atoms with Crippen LogP contribution in [0, 0.1) is 0 Å². The van der Waals surface area contributed by atoms with E-state index in [1.54, 1.807) is 0 Å². The summed E-state index contributed by atoms with van der Waals surface area (Å²) in [5, 5.41) is 12.3. The Balaban J connectivity index is 3.02. The van der Waals surface area contributed by atoms with Gasteiger partial charge in [0.05, 0.1) is 0 Å². The second-order valence-electron chi connectivity index (χ2n) is 2.47. The molecule has 0 saturated carbocycles. The molecule has 1 aromatic heterocycles. The zero-order valence-corrected chi connectivity index (χ0v) is 6.21. The van der Waals surface area contributed by atoms with Crippen LogP contribution in [0.25, 0.3) is 0 Å². The van der Waals surface area contributed by atoms with Crippen molar-refractivity contribution in [3.05, 3.63) is 18.5 Å². The highest BCUT2D eigenvalue weighted by atomic mass is 19.4. The maximum atomic E-state index is 12.1. The van der Waals surface area contributed by atoms with Crippen molar-refractivity contribution in [3.8, 4) is 0 Å². The minimum absolute atomic E-state index is 0.451. The fourth-order valence-corrected chi connectivity index (χ4v) is 0.656. The molecule has 0 aromatic carbocycles. The molecule has 3 nitrogen and oxygen atoms in total. The van der Waals surface area contributed by atoms with Gasteiger partial charge in [0, 0.05) is 12.4 Å². The van der Waals surface area contributed by atoms with E-state index in [9.17, 15) is 13.2 Å². The van der Waals surface area contributed by atoms with Crippen molar-refractivity contribution in [1.82, 2.24) is 9.78 Å². The molecule has 0 aliphatic heterocycles. The molecule has 1 aromatic rings. The summed E-state index contributed by atoms with van der Waals surface area (Å²) in [4.78, 5) is 0. The molecule has 1 rings (SSSR count). The molecule has 1 heterocycles. The van der Waals surface area contributed by atoms with Crippen LogP contribution in [-0.4, -0.2) is 21.1 Å². The topological polar surface area (TPSA) is 38.0 Å². The number of hydrogen-bond donors (Lipinski definition) is 1. The molecule has 12 heavy (non-hydrogen) atoms. The van der Waals surface area contributed by atoms with E-state index >= 15 is 0 Å². The Morgan fingerprint density at radius 2 is 2.00 bits per heavy atom. The van der Waals surface area contributed by atoms with E-state index in [1.165, 1.54) is 12.3 Å². The Morgan fingerprint density at radius 3 is 2.33 bits per heavy atom. The second kappa shape index (κ2) is 2.48. The molecule has 0 bridgehead atoms. The Morgan fingerprint density at radius 1 is 1.42 bits per heavy atom. The number of halogens is 3. The fraction of sp³-hybridized carbons (Fsp3) is 0.500. The third kappa shape index (κ3) is 1.29. The quantitative estimate of drug-likeness (QED) is 0.703. The van der Waals surface area contributed by atoms with Crippen LogP contribution in [0.5, 0.6) is 0 Å². The van der Waals surface area contributed by atoms with Crippen molar-refractivity contribution in [2.24, 2.45) is 0 Å². The minimum atomic E-state index is -4.72. The minimum Gasteiger partial charge on any atom is -0.362 e. The van der Waals surface area contributed by atoms with Gasteiger partial charge in [0.1, 0.15) is 0 Å². The molecule has 0 fully saturated rings. The molecule has 0 amide bonds. The van der Waals surface area contributed by atoms with E-state index in [1.807, 2.05) is 0 Å². The van der Waals surface area contributed by atoms with Gasteiger partial charge in [-0.25, -0.2) is 4.68 Å². The zero-order chi connectivity index (χ0) is 9.41. The fourth-order valence-electron chi connectivity index (χ4n) is 0.656. The lowest BCUT2D eigenvalue weighted by atomic mass is 10.2. The number of rotatable bonds is 1. The van der Waals surface area contributed by atoms with Gasteiger partial charge in [-0.15, -0.1) is 0 Å². The standard InChI is InChI=1S/C6H7F3N2O/c1-5(12,6(7,8)9)11-4-2-3-10-11/h2-4,12H,1H3. The van der Waals surface area contributed by atoms with Crippen LogP contribution >= 0.6 is 0 Å².